The number of aryl methyl sites for hydroxylation is 2. The first-order chi connectivity index (χ1) is 8.15. The number of likely N-dealkylation sites (tertiary alicyclic amines) is 1. The molecule has 17 heavy (non-hydrogen) atoms. The highest BCUT2D eigenvalue weighted by atomic mass is 16.5. The van der Waals surface area contributed by atoms with Crippen LogP contribution in [-0.2, 0) is 4.79 Å². The Hall–Kier alpha value is -1.65. The molecule has 1 radical (unpaired) electrons. The number of rotatable bonds is 4. The van der Waals surface area contributed by atoms with Crippen molar-refractivity contribution in [1.29, 1.82) is 0 Å². The van der Waals surface area contributed by atoms with Crippen LogP contribution < -0.4 is 4.74 Å². The summed E-state index contributed by atoms with van der Waals surface area (Å²) in [5.41, 5.74) is 1.54. The van der Waals surface area contributed by atoms with E-state index in [2.05, 4.69) is 16.0 Å². The second-order valence-electron chi connectivity index (χ2n) is 4.13. The van der Waals surface area contributed by atoms with Crippen LogP contribution in [0, 0.1) is 19.9 Å². The number of aromatic nitrogens is 2. The molecule has 2 heterocycles. The van der Waals surface area contributed by atoms with E-state index >= 15 is 0 Å². The van der Waals surface area contributed by atoms with Gasteiger partial charge < -0.3 is 9.64 Å². The Kier molecular flexibility index (Phi) is 3.56. The first-order valence-electron chi connectivity index (χ1n) is 5.80. The fraction of sp³-hybridized carbons (Fsp3) is 0.583. The number of hydrogen-bond donors (Lipinski definition) is 0. The van der Waals surface area contributed by atoms with Gasteiger partial charge in [0, 0.05) is 19.0 Å². The summed E-state index contributed by atoms with van der Waals surface area (Å²) >= 11 is 0. The third kappa shape index (κ3) is 3.15. The van der Waals surface area contributed by atoms with Crippen LogP contribution >= 0.6 is 0 Å². The van der Waals surface area contributed by atoms with Crippen molar-refractivity contribution in [2.75, 3.05) is 19.7 Å². The Bertz CT molecular complexity index is 400. The Morgan fingerprint density at radius 2 is 2.06 bits per heavy atom. The van der Waals surface area contributed by atoms with Crippen molar-refractivity contribution in [2.24, 2.45) is 0 Å². The lowest BCUT2D eigenvalue weighted by atomic mass is 10.4. The van der Waals surface area contributed by atoms with Crippen LogP contribution in [0.25, 0.3) is 0 Å². The summed E-state index contributed by atoms with van der Waals surface area (Å²) in [5, 5.41) is 0. The predicted octanol–water partition coefficient (Wildman–Crippen LogP) is 0.895. The van der Waals surface area contributed by atoms with E-state index < -0.39 is 0 Å². The maximum Gasteiger partial charge on any atom is 0.316 e. The number of carbonyl (C=O) groups excluding carboxylic acids is 1. The molecule has 1 fully saturated rings. The van der Waals surface area contributed by atoms with Crippen molar-refractivity contribution >= 4 is 5.91 Å². The van der Waals surface area contributed by atoms with Gasteiger partial charge in [0.05, 0.1) is 17.9 Å². The zero-order valence-corrected chi connectivity index (χ0v) is 10.2. The molecule has 1 aliphatic rings. The summed E-state index contributed by atoms with van der Waals surface area (Å²) in [5.74, 6) is 0.211. The molecule has 0 aromatic carbocycles. The lowest BCUT2D eigenvalue weighted by Crippen LogP contribution is -2.29. The molecule has 1 aliphatic heterocycles. The van der Waals surface area contributed by atoms with Gasteiger partial charge in [0.1, 0.15) is 6.61 Å². The average Bonchev–Trinajstić information content (AvgIpc) is 2.63. The molecule has 1 aromatic rings. The van der Waals surface area contributed by atoms with Crippen molar-refractivity contribution in [2.45, 2.75) is 26.7 Å². The van der Waals surface area contributed by atoms with Crippen LogP contribution in [0.15, 0.2) is 0 Å². The smallest absolute Gasteiger partial charge is 0.316 e. The molecule has 1 amide bonds. The van der Waals surface area contributed by atoms with E-state index in [1.807, 2.05) is 18.7 Å². The van der Waals surface area contributed by atoms with Crippen molar-refractivity contribution in [3.05, 3.63) is 17.5 Å². The minimum absolute atomic E-state index is 0.211. The molecule has 0 aliphatic carbocycles. The van der Waals surface area contributed by atoms with Crippen molar-refractivity contribution in [3.63, 3.8) is 0 Å². The summed E-state index contributed by atoms with van der Waals surface area (Å²) in [6.07, 6.45) is 1.61. The summed E-state index contributed by atoms with van der Waals surface area (Å²) in [6, 6.07) is 3.35. The van der Waals surface area contributed by atoms with Crippen molar-refractivity contribution in [1.82, 2.24) is 14.9 Å². The average molecular weight is 234 g/mol. The van der Waals surface area contributed by atoms with E-state index in [4.69, 9.17) is 4.74 Å². The lowest BCUT2D eigenvalue weighted by molar-refractivity contribution is -0.128. The van der Waals surface area contributed by atoms with Crippen LogP contribution in [0.1, 0.15) is 24.2 Å². The summed E-state index contributed by atoms with van der Waals surface area (Å²) in [6.45, 7) is 5.59. The minimum atomic E-state index is 0.211. The van der Waals surface area contributed by atoms with Crippen LogP contribution in [-0.4, -0.2) is 40.5 Å². The van der Waals surface area contributed by atoms with Gasteiger partial charge >= 0.3 is 6.01 Å². The van der Waals surface area contributed by atoms with Gasteiger partial charge in [-0.05, 0) is 20.3 Å². The maximum atomic E-state index is 11.4. The maximum absolute atomic E-state index is 11.4. The molecule has 0 N–H and O–H groups in total. The number of carbonyl (C=O) groups is 1. The molecule has 0 saturated carbocycles. The van der Waals surface area contributed by atoms with Gasteiger partial charge in [0.2, 0.25) is 5.91 Å². The number of amides is 1. The highest BCUT2D eigenvalue weighted by Crippen LogP contribution is 2.09. The van der Waals surface area contributed by atoms with Gasteiger partial charge in [-0.2, -0.15) is 9.97 Å². The Balaban J connectivity index is 1.83. The summed E-state index contributed by atoms with van der Waals surface area (Å²) in [7, 11) is 0. The molecule has 0 bridgehead atoms. The van der Waals surface area contributed by atoms with Crippen LogP contribution in [0.4, 0.5) is 0 Å². The molecular formula is C12H16N3O2. The Morgan fingerprint density at radius 3 is 2.65 bits per heavy atom. The Labute approximate surface area is 101 Å². The molecule has 91 valence electrons. The van der Waals surface area contributed by atoms with E-state index in [1.165, 1.54) is 0 Å². The molecule has 0 atom stereocenters. The van der Waals surface area contributed by atoms with Gasteiger partial charge in [0.15, 0.2) is 0 Å². The zero-order valence-electron chi connectivity index (χ0n) is 10.2. The molecule has 1 aromatic heterocycles. The molecule has 1 saturated heterocycles. The topological polar surface area (TPSA) is 55.3 Å². The van der Waals surface area contributed by atoms with Gasteiger partial charge in [0.25, 0.3) is 0 Å². The number of nitrogens with zero attached hydrogens (tertiary/aromatic N) is 3. The fourth-order valence-corrected chi connectivity index (χ4v) is 1.88. The molecule has 0 spiro atoms. The monoisotopic (exact) mass is 234 g/mol. The van der Waals surface area contributed by atoms with Gasteiger partial charge in [-0.1, -0.05) is 0 Å². The molecular weight excluding hydrogens is 218 g/mol. The molecule has 2 rings (SSSR count). The predicted molar refractivity (Wildman–Crippen MR) is 61.7 cm³/mol. The number of ether oxygens (including phenoxy) is 1. The largest absolute Gasteiger partial charge is 0.462 e. The molecule has 0 unspecified atom stereocenters. The highest BCUT2D eigenvalue weighted by molar-refractivity contribution is 5.78. The first kappa shape index (κ1) is 11.8. The van der Waals surface area contributed by atoms with E-state index in [0.717, 1.165) is 24.4 Å². The minimum Gasteiger partial charge on any atom is -0.462 e. The summed E-state index contributed by atoms with van der Waals surface area (Å²) in [4.78, 5) is 21.4. The first-order valence-corrected chi connectivity index (χ1v) is 5.80. The van der Waals surface area contributed by atoms with E-state index in [-0.39, 0.29) is 5.91 Å². The number of hydrogen-bond acceptors (Lipinski definition) is 4. The second kappa shape index (κ2) is 5.12. The zero-order chi connectivity index (χ0) is 12.3. The van der Waals surface area contributed by atoms with Crippen LogP contribution in [0.2, 0.25) is 0 Å². The fourth-order valence-electron chi connectivity index (χ4n) is 1.88. The molecule has 5 nitrogen and oxygen atoms in total. The van der Waals surface area contributed by atoms with Gasteiger partial charge in [-0.3, -0.25) is 4.79 Å². The molecule has 5 heteroatoms. The standard InChI is InChI=1S/C12H16N3O2/c1-9-8-10(2)14-12(13-9)17-7-6-15-5-3-4-11(15)16/h3-7H2,1-2H3. The van der Waals surface area contributed by atoms with Gasteiger partial charge in [-0.25, -0.2) is 0 Å². The quantitative estimate of drug-likeness (QED) is 0.776. The van der Waals surface area contributed by atoms with E-state index in [1.54, 1.807) is 0 Å². The second-order valence-corrected chi connectivity index (χ2v) is 4.13. The van der Waals surface area contributed by atoms with Crippen LogP contribution in [0.5, 0.6) is 6.01 Å². The normalized spacial score (nSPS) is 15.4. The Morgan fingerprint density at radius 1 is 1.35 bits per heavy atom. The van der Waals surface area contributed by atoms with Gasteiger partial charge in [-0.15, -0.1) is 0 Å². The summed E-state index contributed by atoms with van der Waals surface area (Å²) < 4.78 is 5.44. The van der Waals surface area contributed by atoms with E-state index in [9.17, 15) is 4.79 Å². The van der Waals surface area contributed by atoms with Crippen LogP contribution in [0.3, 0.4) is 0 Å². The highest BCUT2D eigenvalue weighted by Gasteiger charge is 2.19. The lowest BCUT2D eigenvalue weighted by Gasteiger charge is -2.15. The third-order valence-corrected chi connectivity index (χ3v) is 2.65. The third-order valence-electron chi connectivity index (χ3n) is 2.65. The van der Waals surface area contributed by atoms with Crippen molar-refractivity contribution in [3.8, 4) is 6.01 Å². The van der Waals surface area contributed by atoms with Crippen molar-refractivity contribution < 1.29 is 9.53 Å². The SMILES string of the molecule is Cc1[c]c(C)nc(OCCN2CCCC2=O)n1. The van der Waals surface area contributed by atoms with E-state index in [0.29, 0.717) is 25.6 Å².